The van der Waals surface area contributed by atoms with E-state index in [0.29, 0.717) is 33.9 Å². The molecule has 3 aromatic heterocycles. The Balaban J connectivity index is 1.45. The lowest BCUT2D eigenvalue weighted by atomic mass is 9.74. The fourth-order valence-electron chi connectivity index (χ4n) is 4.68. The van der Waals surface area contributed by atoms with Crippen molar-refractivity contribution in [3.05, 3.63) is 24.4 Å². The van der Waals surface area contributed by atoms with Gasteiger partial charge in [0.05, 0.1) is 18.0 Å². The van der Waals surface area contributed by atoms with Crippen LogP contribution in [0.15, 0.2) is 24.4 Å². The predicted molar refractivity (Wildman–Crippen MR) is 122 cm³/mol. The van der Waals surface area contributed by atoms with Gasteiger partial charge in [-0.1, -0.05) is 11.3 Å². The van der Waals surface area contributed by atoms with Gasteiger partial charge in [-0.15, -0.1) is 5.10 Å². The molecular formula is C22H24F2N8O2. The van der Waals surface area contributed by atoms with Crippen LogP contribution in [0.4, 0.5) is 14.7 Å². The van der Waals surface area contributed by atoms with E-state index < -0.39 is 13.0 Å². The SMILES string of the molecule is COc1nc(N[C@H]2C[C@@](C)(NC(C)=O)C2)nc2[nH]cc(-c3ccc4nnn(CC(F)F)c4c3)c12. The standard InChI is InChI=1S/C22H24F2N8O2/c1-11(33)29-22(2)7-13(8-22)26-21-27-19-18(20(28-21)34-3)14(9-25-19)12-4-5-15-16(6-12)32(31-30-15)10-17(23)24/h4-6,9,13,17H,7-8,10H2,1-3H3,(H,29,33)(H2,25,26,27,28)/t13-,22+. The van der Waals surface area contributed by atoms with E-state index in [0.717, 1.165) is 24.0 Å². The van der Waals surface area contributed by atoms with Gasteiger partial charge >= 0.3 is 0 Å². The first kappa shape index (κ1) is 22.0. The Labute approximate surface area is 193 Å². The first-order chi connectivity index (χ1) is 16.2. The van der Waals surface area contributed by atoms with E-state index in [-0.39, 0.29) is 17.5 Å². The minimum atomic E-state index is -2.53. The van der Waals surface area contributed by atoms with E-state index in [2.05, 4.69) is 35.9 Å². The van der Waals surface area contributed by atoms with Gasteiger partial charge < -0.3 is 20.4 Å². The van der Waals surface area contributed by atoms with Crippen LogP contribution in [-0.2, 0) is 11.3 Å². The number of hydrogen-bond donors (Lipinski definition) is 3. The smallest absolute Gasteiger partial charge is 0.258 e. The van der Waals surface area contributed by atoms with Crippen LogP contribution in [0.5, 0.6) is 5.88 Å². The molecule has 0 radical (unpaired) electrons. The van der Waals surface area contributed by atoms with Gasteiger partial charge in [0.1, 0.15) is 17.7 Å². The molecule has 1 saturated carbocycles. The van der Waals surface area contributed by atoms with Crippen LogP contribution in [0.2, 0.25) is 0 Å². The number of H-pyrrole nitrogens is 1. The van der Waals surface area contributed by atoms with Gasteiger partial charge in [-0.05, 0) is 37.5 Å². The van der Waals surface area contributed by atoms with Crippen molar-refractivity contribution in [2.24, 2.45) is 0 Å². The molecule has 34 heavy (non-hydrogen) atoms. The van der Waals surface area contributed by atoms with Crippen molar-refractivity contribution in [2.75, 3.05) is 12.4 Å². The lowest BCUT2D eigenvalue weighted by Gasteiger charge is -2.45. The Morgan fingerprint density at radius 2 is 2.15 bits per heavy atom. The third-order valence-corrected chi connectivity index (χ3v) is 6.03. The van der Waals surface area contributed by atoms with Crippen molar-refractivity contribution < 1.29 is 18.3 Å². The van der Waals surface area contributed by atoms with Gasteiger partial charge in [0.25, 0.3) is 6.43 Å². The quantitative estimate of drug-likeness (QED) is 0.379. The second-order valence-corrected chi connectivity index (χ2v) is 8.84. The van der Waals surface area contributed by atoms with Gasteiger partial charge in [-0.2, -0.15) is 9.97 Å². The first-order valence-corrected chi connectivity index (χ1v) is 10.8. The number of ether oxygens (including phenoxy) is 1. The Kier molecular flexibility index (Phi) is 5.29. The molecule has 0 atom stereocenters. The van der Waals surface area contributed by atoms with Crippen LogP contribution in [0.3, 0.4) is 0 Å². The fourth-order valence-corrected chi connectivity index (χ4v) is 4.68. The summed E-state index contributed by atoms with van der Waals surface area (Å²) in [6, 6.07) is 5.47. The molecule has 178 valence electrons. The van der Waals surface area contributed by atoms with E-state index in [9.17, 15) is 13.6 Å². The summed E-state index contributed by atoms with van der Waals surface area (Å²) in [5, 5.41) is 14.7. The summed E-state index contributed by atoms with van der Waals surface area (Å²) in [5.74, 6) is 0.750. The van der Waals surface area contributed by atoms with Gasteiger partial charge in [-0.25, -0.2) is 13.5 Å². The minimum absolute atomic E-state index is 0.0505. The van der Waals surface area contributed by atoms with Crippen molar-refractivity contribution in [1.82, 2.24) is 35.3 Å². The minimum Gasteiger partial charge on any atom is -0.480 e. The molecule has 1 aliphatic rings. The van der Waals surface area contributed by atoms with E-state index in [4.69, 9.17) is 4.74 Å². The number of aromatic amines is 1. The van der Waals surface area contributed by atoms with Crippen molar-refractivity contribution in [2.45, 2.75) is 51.2 Å². The third kappa shape index (κ3) is 3.99. The van der Waals surface area contributed by atoms with E-state index in [1.54, 1.807) is 18.3 Å². The van der Waals surface area contributed by atoms with Crippen molar-refractivity contribution in [3.8, 4) is 17.0 Å². The van der Waals surface area contributed by atoms with Crippen LogP contribution in [0.25, 0.3) is 33.2 Å². The average Bonchev–Trinajstić information content (AvgIpc) is 3.35. The number of methoxy groups -OCH3 is 1. The highest BCUT2D eigenvalue weighted by Gasteiger charge is 2.41. The van der Waals surface area contributed by atoms with E-state index in [1.807, 2.05) is 13.0 Å². The topological polar surface area (TPSA) is 123 Å². The third-order valence-electron chi connectivity index (χ3n) is 6.03. The van der Waals surface area contributed by atoms with Crippen molar-refractivity contribution in [3.63, 3.8) is 0 Å². The highest BCUT2D eigenvalue weighted by atomic mass is 19.3. The van der Waals surface area contributed by atoms with Gasteiger partial charge in [0.2, 0.25) is 17.7 Å². The Hall–Kier alpha value is -3.83. The molecule has 0 spiro atoms. The zero-order valence-corrected chi connectivity index (χ0v) is 18.9. The number of anilines is 1. The fraction of sp³-hybridized carbons (Fsp3) is 0.409. The zero-order chi connectivity index (χ0) is 24.0. The highest BCUT2D eigenvalue weighted by molar-refractivity contribution is 5.99. The number of nitrogens with one attached hydrogen (secondary N) is 3. The number of fused-ring (bicyclic) bond motifs is 2. The van der Waals surface area contributed by atoms with Gasteiger partial charge in [0, 0.05) is 30.3 Å². The molecule has 0 saturated heterocycles. The Morgan fingerprint density at radius 1 is 1.35 bits per heavy atom. The summed E-state index contributed by atoms with van der Waals surface area (Å²) in [5.41, 5.74) is 2.92. The summed E-state index contributed by atoms with van der Waals surface area (Å²) >= 11 is 0. The number of amides is 1. The first-order valence-electron chi connectivity index (χ1n) is 10.8. The van der Waals surface area contributed by atoms with Crippen LogP contribution < -0.4 is 15.4 Å². The second kappa shape index (κ2) is 8.19. The Morgan fingerprint density at radius 3 is 2.85 bits per heavy atom. The maximum atomic E-state index is 12.9. The number of carbonyl (C=O) groups is 1. The molecule has 1 aromatic carbocycles. The van der Waals surface area contributed by atoms with Gasteiger partial charge in [0.15, 0.2) is 0 Å². The predicted octanol–water partition coefficient (Wildman–Crippen LogP) is 3.11. The van der Waals surface area contributed by atoms with Crippen molar-refractivity contribution >= 4 is 33.9 Å². The number of alkyl halides is 2. The normalized spacial score (nSPS) is 20.0. The molecule has 4 aromatic rings. The summed E-state index contributed by atoms with van der Waals surface area (Å²) in [6.07, 6.45) is 0.762. The molecule has 5 rings (SSSR count). The lowest BCUT2D eigenvalue weighted by Crippen LogP contribution is -2.59. The zero-order valence-electron chi connectivity index (χ0n) is 18.9. The maximum absolute atomic E-state index is 12.9. The lowest BCUT2D eigenvalue weighted by molar-refractivity contribution is -0.121. The van der Waals surface area contributed by atoms with Crippen LogP contribution in [0, 0.1) is 0 Å². The molecular weight excluding hydrogens is 446 g/mol. The summed E-state index contributed by atoms with van der Waals surface area (Å²) in [4.78, 5) is 23.7. The molecule has 12 heteroatoms. The highest BCUT2D eigenvalue weighted by Crippen LogP contribution is 2.37. The monoisotopic (exact) mass is 470 g/mol. The average molecular weight is 470 g/mol. The second-order valence-electron chi connectivity index (χ2n) is 8.84. The van der Waals surface area contributed by atoms with E-state index in [1.165, 1.54) is 18.7 Å². The largest absolute Gasteiger partial charge is 0.480 e. The van der Waals surface area contributed by atoms with Crippen molar-refractivity contribution in [1.29, 1.82) is 0 Å². The van der Waals surface area contributed by atoms with E-state index >= 15 is 0 Å². The number of hydrogen-bond acceptors (Lipinski definition) is 7. The molecule has 1 aliphatic carbocycles. The van der Waals surface area contributed by atoms with Crippen LogP contribution >= 0.6 is 0 Å². The number of carbonyl (C=O) groups excluding carboxylic acids is 1. The maximum Gasteiger partial charge on any atom is 0.258 e. The molecule has 0 aliphatic heterocycles. The summed E-state index contributed by atoms with van der Waals surface area (Å²) < 4.78 is 32.6. The number of halogens is 2. The molecule has 0 unspecified atom stereocenters. The molecule has 3 N–H and O–H groups in total. The number of nitrogens with zero attached hydrogens (tertiary/aromatic N) is 5. The Bertz CT molecular complexity index is 1380. The molecule has 3 heterocycles. The van der Waals surface area contributed by atoms with Crippen LogP contribution in [0.1, 0.15) is 26.7 Å². The number of rotatable bonds is 7. The van der Waals surface area contributed by atoms with Gasteiger partial charge in [-0.3, -0.25) is 4.79 Å². The molecule has 1 fully saturated rings. The number of aromatic nitrogens is 6. The number of benzene rings is 1. The van der Waals surface area contributed by atoms with Crippen LogP contribution in [-0.4, -0.2) is 61.0 Å². The molecule has 1 amide bonds. The molecule has 0 bridgehead atoms. The molecule has 10 nitrogen and oxygen atoms in total. The summed E-state index contributed by atoms with van der Waals surface area (Å²) in [7, 11) is 1.53. The summed E-state index contributed by atoms with van der Waals surface area (Å²) in [6.45, 7) is 2.99.